The third kappa shape index (κ3) is 3.31. The number of nitrogens with one attached hydrogen (secondary N) is 1. The Hall–Kier alpha value is -2.14. The van der Waals surface area contributed by atoms with E-state index in [9.17, 15) is 4.79 Å². The number of halogens is 1. The second-order valence-corrected chi connectivity index (χ2v) is 5.29. The summed E-state index contributed by atoms with van der Waals surface area (Å²) in [6, 6.07) is 8.65. The van der Waals surface area contributed by atoms with Gasteiger partial charge in [-0.05, 0) is 37.1 Å². The molecule has 0 spiro atoms. The zero-order valence-electron chi connectivity index (χ0n) is 11.5. The molecular weight excluding hydrogens is 290 g/mol. The average Bonchev–Trinajstić information content (AvgIpc) is 3.31. The number of ether oxygens (including phenoxy) is 1. The fraction of sp³-hybridized carbons (Fsp3) is 0.267. The summed E-state index contributed by atoms with van der Waals surface area (Å²) in [7, 11) is 1.36. The van der Waals surface area contributed by atoms with Crippen LogP contribution < -0.4 is 5.32 Å². The van der Waals surface area contributed by atoms with Gasteiger partial charge in [0.05, 0.1) is 12.7 Å². The van der Waals surface area contributed by atoms with E-state index in [1.807, 2.05) is 0 Å². The second-order valence-electron chi connectivity index (χ2n) is 4.90. The van der Waals surface area contributed by atoms with Gasteiger partial charge in [-0.15, -0.1) is 0 Å². The smallest absolute Gasteiger partial charge is 0.337 e. The predicted octanol–water partition coefficient (Wildman–Crippen LogP) is 3.54. The summed E-state index contributed by atoms with van der Waals surface area (Å²) in [5.74, 6) is 1.52. The highest BCUT2D eigenvalue weighted by Crippen LogP contribution is 2.38. The third-order valence-corrected chi connectivity index (χ3v) is 3.43. The first-order valence-corrected chi connectivity index (χ1v) is 7.03. The summed E-state index contributed by atoms with van der Waals surface area (Å²) >= 11 is 6.02. The maximum atomic E-state index is 11.4. The van der Waals surface area contributed by atoms with Crippen LogP contribution in [0.15, 0.2) is 30.3 Å². The molecule has 1 aliphatic rings. The van der Waals surface area contributed by atoms with Gasteiger partial charge in [-0.2, -0.15) is 0 Å². The van der Waals surface area contributed by atoms with Gasteiger partial charge in [0.2, 0.25) is 0 Å². The lowest BCUT2D eigenvalue weighted by molar-refractivity contribution is 0.0601. The quantitative estimate of drug-likeness (QED) is 0.691. The number of methoxy groups -OCH3 is 1. The molecule has 1 aromatic heterocycles. The molecule has 1 fully saturated rings. The third-order valence-electron chi connectivity index (χ3n) is 3.23. The lowest BCUT2D eigenvalue weighted by Crippen LogP contribution is -2.02. The molecule has 3 rings (SSSR count). The van der Waals surface area contributed by atoms with E-state index in [-0.39, 0.29) is 5.97 Å². The van der Waals surface area contributed by atoms with Crippen LogP contribution in [0.4, 0.5) is 11.5 Å². The van der Waals surface area contributed by atoms with Gasteiger partial charge in [-0.3, -0.25) is 0 Å². The Labute approximate surface area is 127 Å². The molecule has 6 heteroatoms. The molecular formula is C15H14ClN3O2. The van der Waals surface area contributed by atoms with E-state index in [2.05, 4.69) is 20.0 Å². The van der Waals surface area contributed by atoms with E-state index in [4.69, 9.17) is 11.6 Å². The molecule has 1 N–H and O–H groups in total. The van der Waals surface area contributed by atoms with Crippen molar-refractivity contribution in [1.29, 1.82) is 0 Å². The van der Waals surface area contributed by atoms with Crippen LogP contribution >= 0.6 is 11.6 Å². The number of benzene rings is 1. The van der Waals surface area contributed by atoms with Gasteiger partial charge < -0.3 is 10.1 Å². The minimum absolute atomic E-state index is 0.359. The van der Waals surface area contributed by atoms with Crippen molar-refractivity contribution in [1.82, 2.24) is 9.97 Å². The van der Waals surface area contributed by atoms with E-state index in [0.717, 1.165) is 24.4 Å². The first-order valence-electron chi connectivity index (χ1n) is 6.65. The van der Waals surface area contributed by atoms with Crippen LogP contribution in [0.1, 0.15) is 34.9 Å². The van der Waals surface area contributed by atoms with Crippen molar-refractivity contribution in [2.75, 3.05) is 12.4 Å². The molecule has 1 heterocycles. The minimum Gasteiger partial charge on any atom is -0.465 e. The highest BCUT2D eigenvalue weighted by Gasteiger charge is 2.27. The number of carbonyl (C=O) groups is 1. The normalized spacial score (nSPS) is 13.8. The van der Waals surface area contributed by atoms with Crippen LogP contribution in [0.2, 0.25) is 5.15 Å². The number of carbonyl (C=O) groups excluding carboxylic acids is 1. The van der Waals surface area contributed by atoms with Crippen LogP contribution in [0.3, 0.4) is 0 Å². The first-order chi connectivity index (χ1) is 10.2. The number of esters is 1. The van der Waals surface area contributed by atoms with Crippen LogP contribution in [0.25, 0.3) is 0 Å². The van der Waals surface area contributed by atoms with Crippen LogP contribution in [0.5, 0.6) is 0 Å². The molecule has 5 nitrogen and oxygen atoms in total. The number of rotatable bonds is 4. The van der Waals surface area contributed by atoms with E-state index in [1.165, 1.54) is 7.11 Å². The Morgan fingerprint density at radius 2 is 2.00 bits per heavy atom. The minimum atomic E-state index is -0.359. The molecule has 108 valence electrons. The summed E-state index contributed by atoms with van der Waals surface area (Å²) < 4.78 is 4.66. The van der Waals surface area contributed by atoms with Gasteiger partial charge in [0.1, 0.15) is 16.8 Å². The number of hydrogen-bond donors (Lipinski definition) is 1. The van der Waals surface area contributed by atoms with Crippen molar-refractivity contribution in [2.45, 2.75) is 18.8 Å². The summed E-state index contributed by atoms with van der Waals surface area (Å²) in [5.41, 5.74) is 1.32. The van der Waals surface area contributed by atoms with Crippen LogP contribution in [-0.4, -0.2) is 23.0 Å². The summed E-state index contributed by atoms with van der Waals surface area (Å²) in [4.78, 5) is 20.1. The van der Waals surface area contributed by atoms with Crippen molar-refractivity contribution in [3.8, 4) is 0 Å². The van der Waals surface area contributed by atoms with Gasteiger partial charge in [0.15, 0.2) is 0 Å². The Kier molecular flexibility index (Phi) is 3.75. The van der Waals surface area contributed by atoms with E-state index < -0.39 is 0 Å². The molecule has 1 saturated carbocycles. The fourth-order valence-electron chi connectivity index (χ4n) is 1.98. The Bertz CT molecular complexity index is 669. The topological polar surface area (TPSA) is 64.1 Å². The van der Waals surface area contributed by atoms with Gasteiger partial charge in [-0.1, -0.05) is 11.6 Å². The van der Waals surface area contributed by atoms with Crippen molar-refractivity contribution in [2.24, 2.45) is 0 Å². The monoisotopic (exact) mass is 303 g/mol. The van der Waals surface area contributed by atoms with Crippen molar-refractivity contribution < 1.29 is 9.53 Å². The summed E-state index contributed by atoms with van der Waals surface area (Å²) in [6.45, 7) is 0. The molecule has 21 heavy (non-hydrogen) atoms. The highest BCUT2D eigenvalue weighted by molar-refractivity contribution is 6.29. The van der Waals surface area contributed by atoms with Gasteiger partial charge in [-0.25, -0.2) is 14.8 Å². The first kappa shape index (κ1) is 13.8. The average molecular weight is 304 g/mol. The lowest BCUT2D eigenvalue weighted by Gasteiger charge is -2.08. The zero-order chi connectivity index (χ0) is 14.8. The van der Waals surface area contributed by atoms with Crippen LogP contribution in [-0.2, 0) is 4.74 Å². The molecule has 0 aliphatic heterocycles. The SMILES string of the molecule is COC(=O)c1ccc(Nc2cc(Cl)nc(C3CC3)n2)cc1. The van der Waals surface area contributed by atoms with Crippen molar-refractivity contribution in [3.63, 3.8) is 0 Å². The number of aromatic nitrogens is 2. The maximum Gasteiger partial charge on any atom is 0.337 e. The largest absolute Gasteiger partial charge is 0.465 e. The summed E-state index contributed by atoms with van der Waals surface area (Å²) in [6.07, 6.45) is 2.24. The number of anilines is 2. The van der Waals surface area contributed by atoms with Gasteiger partial charge >= 0.3 is 5.97 Å². The molecule has 2 aromatic rings. The Morgan fingerprint density at radius 1 is 1.29 bits per heavy atom. The standard InChI is InChI=1S/C15H14ClN3O2/c1-21-15(20)10-4-6-11(7-5-10)17-13-8-12(16)18-14(19-13)9-2-3-9/h4-9H,2-3H2,1H3,(H,17,18,19). The molecule has 0 unspecified atom stereocenters. The van der Waals surface area contributed by atoms with Gasteiger partial charge in [0, 0.05) is 17.7 Å². The molecule has 0 radical (unpaired) electrons. The second kappa shape index (κ2) is 5.69. The molecule has 0 bridgehead atoms. The predicted molar refractivity (Wildman–Crippen MR) is 80.1 cm³/mol. The van der Waals surface area contributed by atoms with E-state index >= 15 is 0 Å². The highest BCUT2D eigenvalue weighted by atomic mass is 35.5. The maximum absolute atomic E-state index is 11.4. The zero-order valence-corrected chi connectivity index (χ0v) is 12.2. The van der Waals surface area contributed by atoms with Crippen molar-refractivity contribution in [3.05, 3.63) is 46.9 Å². The van der Waals surface area contributed by atoms with Crippen LogP contribution in [0, 0.1) is 0 Å². The fourth-order valence-corrected chi connectivity index (χ4v) is 2.17. The number of hydrogen-bond acceptors (Lipinski definition) is 5. The molecule has 1 aliphatic carbocycles. The van der Waals surface area contributed by atoms with E-state index in [0.29, 0.717) is 22.5 Å². The Balaban J connectivity index is 1.78. The molecule has 0 atom stereocenters. The number of nitrogens with zero attached hydrogens (tertiary/aromatic N) is 2. The van der Waals surface area contributed by atoms with E-state index in [1.54, 1.807) is 30.3 Å². The Morgan fingerprint density at radius 3 is 2.62 bits per heavy atom. The molecule has 0 saturated heterocycles. The summed E-state index contributed by atoms with van der Waals surface area (Å²) in [5, 5.41) is 3.60. The molecule has 1 aromatic carbocycles. The van der Waals surface area contributed by atoms with Crippen molar-refractivity contribution >= 4 is 29.1 Å². The molecule has 0 amide bonds. The lowest BCUT2D eigenvalue weighted by atomic mass is 10.2. The van der Waals surface area contributed by atoms with Gasteiger partial charge in [0.25, 0.3) is 0 Å².